The first-order valence-electron chi connectivity index (χ1n) is 3.30. The summed E-state index contributed by atoms with van der Waals surface area (Å²) in [6, 6.07) is 0. The molecule has 0 atom stereocenters. The molecule has 0 amide bonds. The molecule has 0 aromatic carbocycles. The van der Waals surface area contributed by atoms with Gasteiger partial charge in [0.25, 0.3) is 0 Å². The van der Waals surface area contributed by atoms with Gasteiger partial charge in [0.2, 0.25) is 0 Å². The molecule has 0 unspecified atom stereocenters. The Morgan fingerprint density at radius 1 is 1.70 bits per heavy atom. The van der Waals surface area contributed by atoms with Crippen LogP contribution in [0.2, 0.25) is 0 Å². The molecule has 3 nitrogen and oxygen atoms in total. The number of nitrogens with two attached hydrogens (primary N) is 1. The van der Waals surface area contributed by atoms with Crippen LogP contribution in [0.3, 0.4) is 0 Å². The second kappa shape index (κ2) is 10.9. The Morgan fingerprint density at radius 3 is 2.50 bits per heavy atom. The van der Waals surface area contributed by atoms with Crippen molar-refractivity contribution < 1.29 is 4.84 Å². The summed E-state index contributed by atoms with van der Waals surface area (Å²) in [7, 11) is 0. The minimum atomic E-state index is 0.411. The molecule has 10 heavy (non-hydrogen) atoms. The minimum Gasteiger partial charge on any atom is -0.390 e. The van der Waals surface area contributed by atoms with Crippen molar-refractivity contribution in [2.75, 3.05) is 6.61 Å². The number of nitrogens with zero attached hydrogens (tertiary/aromatic N) is 1. The zero-order chi connectivity index (χ0) is 8.41. The Hall–Kier alpha value is -0.990. The van der Waals surface area contributed by atoms with Crippen LogP contribution in [0.1, 0.15) is 20.8 Å². The van der Waals surface area contributed by atoms with Crippen LogP contribution in [-0.4, -0.2) is 12.4 Å². The SMILES string of the molecule is C=CCO/N=C(\C)N.CC. The van der Waals surface area contributed by atoms with Gasteiger partial charge in [0.05, 0.1) is 0 Å². The van der Waals surface area contributed by atoms with E-state index in [4.69, 9.17) is 5.73 Å². The van der Waals surface area contributed by atoms with Crippen LogP contribution >= 0.6 is 0 Å². The Balaban J connectivity index is 0. The van der Waals surface area contributed by atoms with Gasteiger partial charge in [0, 0.05) is 0 Å². The highest BCUT2D eigenvalue weighted by molar-refractivity contribution is 5.76. The van der Waals surface area contributed by atoms with Crippen LogP contribution in [0.15, 0.2) is 17.8 Å². The van der Waals surface area contributed by atoms with Gasteiger partial charge in [-0.3, -0.25) is 0 Å². The van der Waals surface area contributed by atoms with Crippen LogP contribution in [0, 0.1) is 0 Å². The average molecular weight is 144 g/mol. The summed E-state index contributed by atoms with van der Waals surface area (Å²) >= 11 is 0. The fourth-order valence-electron chi connectivity index (χ4n) is 0.192. The predicted molar refractivity (Wildman–Crippen MR) is 44.8 cm³/mol. The van der Waals surface area contributed by atoms with E-state index in [1.807, 2.05) is 13.8 Å². The third kappa shape index (κ3) is 15.7. The Bertz CT molecular complexity index is 95.8. The topological polar surface area (TPSA) is 47.6 Å². The summed E-state index contributed by atoms with van der Waals surface area (Å²) in [6.45, 7) is 9.49. The van der Waals surface area contributed by atoms with Crippen molar-refractivity contribution in [2.24, 2.45) is 10.9 Å². The van der Waals surface area contributed by atoms with Crippen molar-refractivity contribution in [3.63, 3.8) is 0 Å². The molecule has 0 saturated carbocycles. The third-order valence-electron chi connectivity index (χ3n) is 0.401. The van der Waals surface area contributed by atoms with Crippen LogP contribution < -0.4 is 5.73 Å². The highest BCUT2D eigenvalue weighted by Gasteiger charge is 1.75. The summed E-state index contributed by atoms with van der Waals surface area (Å²) in [5.74, 6) is 0.423. The molecule has 0 aromatic rings. The van der Waals surface area contributed by atoms with Gasteiger partial charge in [-0.1, -0.05) is 31.7 Å². The van der Waals surface area contributed by atoms with Crippen LogP contribution in [-0.2, 0) is 4.84 Å². The fourth-order valence-corrected chi connectivity index (χ4v) is 0.192. The molecule has 0 aliphatic carbocycles. The van der Waals surface area contributed by atoms with Crippen molar-refractivity contribution in [1.29, 1.82) is 0 Å². The van der Waals surface area contributed by atoms with Gasteiger partial charge < -0.3 is 10.6 Å². The smallest absolute Gasteiger partial charge is 0.136 e. The molecule has 0 bridgehead atoms. The van der Waals surface area contributed by atoms with Gasteiger partial charge in [0.15, 0.2) is 0 Å². The highest BCUT2D eigenvalue weighted by Crippen LogP contribution is 1.74. The molecular weight excluding hydrogens is 128 g/mol. The number of rotatable bonds is 3. The maximum absolute atomic E-state index is 5.12. The van der Waals surface area contributed by atoms with Crippen molar-refractivity contribution in [3.8, 4) is 0 Å². The molecule has 0 aliphatic rings. The van der Waals surface area contributed by atoms with Gasteiger partial charge in [-0.05, 0) is 6.92 Å². The second-order valence-electron chi connectivity index (χ2n) is 1.32. The van der Waals surface area contributed by atoms with E-state index in [0.717, 1.165) is 0 Å². The van der Waals surface area contributed by atoms with Crippen molar-refractivity contribution in [3.05, 3.63) is 12.7 Å². The van der Waals surface area contributed by atoms with Crippen molar-refractivity contribution in [1.82, 2.24) is 0 Å². The number of hydrogen-bond donors (Lipinski definition) is 1. The van der Waals surface area contributed by atoms with Gasteiger partial charge in [-0.25, -0.2) is 0 Å². The van der Waals surface area contributed by atoms with Crippen LogP contribution in [0.4, 0.5) is 0 Å². The predicted octanol–water partition coefficient (Wildman–Crippen LogP) is 1.51. The molecule has 3 heteroatoms. The molecule has 60 valence electrons. The molecule has 2 N–H and O–H groups in total. The zero-order valence-electron chi connectivity index (χ0n) is 6.92. The average Bonchev–Trinajstić information content (AvgIpc) is 1.92. The summed E-state index contributed by atoms with van der Waals surface area (Å²) in [6.07, 6.45) is 1.60. The number of amidine groups is 1. The van der Waals surface area contributed by atoms with E-state index in [-0.39, 0.29) is 0 Å². The zero-order valence-corrected chi connectivity index (χ0v) is 6.92. The van der Waals surface area contributed by atoms with Crippen LogP contribution in [0.5, 0.6) is 0 Å². The molecular formula is C7H16N2O. The summed E-state index contributed by atoms with van der Waals surface area (Å²) in [5.41, 5.74) is 5.12. The summed E-state index contributed by atoms with van der Waals surface area (Å²) in [4.78, 5) is 4.59. The lowest BCUT2D eigenvalue weighted by atomic mass is 10.7. The second-order valence-corrected chi connectivity index (χ2v) is 1.32. The normalized spacial score (nSPS) is 9.30. The summed E-state index contributed by atoms with van der Waals surface area (Å²) < 4.78 is 0. The number of oxime groups is 1. The molecule has 0 saturated heterocycles. The van der Waals surface area contributed by atoms with Gasteiger partial charge in [0.1, 0.15) is 12.4 Å². The lowest BCUT2D eigenvalue weighted by molar-refractivity contribution is 0.174. The van der Waals surface area contributed by atoms with Crippen molar-refractivity contribution >= 4 is 5.84 Å². The van der Waals surface area contributed by atoms with E-state index >= 15 is 0 Å². The first kappa shape index (κ1) is 11.8. The molecule has 0 spiro atoms. The van der Waals surface area contributed by atoms with Crippen molar-refractivity contribution in [2.45, 2.75) is 20.8 Å². The van der Waals surface area contributed by atoms with E-state index in [1.165, 1.54) is 0 Å². The molecule has 0 fully saturated rings. The van der Waals surface area contributed by atoms with E-state index in [9.17, 15) is 0 Å². The Morgan fingerprint density at radius 2 is 2.20 bits per heavy atom. The maximum Gasteiger partial charge on any atom is 0.136 e. The first-order valence-corrected chi connectivity index (χ1v) is 3.30. The molecule has 0 radical (unpaired) electrons. The Kier molecular flexibility index (Phi) is 12.8. The van der Waals surface area contributed by atoms with E-state index in [0.29, 0.717) is 12.4 Å². The molecule has 0 aromatic heterocycles. The standard InChI is InChI=1S/C5H10N2O.C2H6/c1-3-4-8-7-5(2)6;1-2/h3H,1,4H2,2H3,(H2,6,7);1-2H3. The minimum absolute atomic E-state index is 0.411. The Labute approximate surface area is 62.5 Å². The largest absolute Gasteiger partial charge is 0.390 e. The fraction of sp³-hybridized carbons (Fsp3) is 0.571. The van der Waals surface area contributed by atoms with Gasteiger partial charge in [-0.2, -0.15) is 0 Å². The molecule has 0 aliphatic heterocycles. The van der Waals surface area contributed by atoms with E-state index in [1.54, 1.807) is 13.0 Å². The molecule has 0 heterocycles. The highest BCUT2D eigenvalue weighted by atomic mass is 16.6. The number of hydrogen-bond acceptors (Lipinski definition) is 2. The monoisotopic (exact) mass is 144 g/mol. The van der Waals surface area contributed by atoms with E-state index in [2.05, 4.69) is 16.6 Å². The lowest BCUT2D eigenvalue weighted by Crippen LogP contribution is -2.05. The summed E-state index contributed by atoms with van der Waals surface area (Å²) in [5, 5.41) is 3.44. The first-order chi connectivity index (χ1) is 4.77. The lowest BCUT2D eigenvalue weighted by Gasteiger charge is -1.90. The quantitative estimate of drug-likeness (QED) is 0.214. The third-order valence-corrected chi connectivity index (χ3v) is 0.401. The van der Waals surface area contributed by atoms with E-state index < -0.39 is 0 Å². The van der Waals surface area contributed by atoms with Gasteiger partial charge in [-0.15, -0.1) is 0 Å². The maximum atomic E-state index is 5.12. The molecule has 0 rings (SSSR count). The van der Waals surface area contributed by atoms with Gasteiger partial charge >= 0.3 is 0 Å². The van der Waals surface area contributed by atoms with Crippen LogP contribution in [0.25, 0.3) is 0 Å².